The lowest BCUT2D eigenvalue weighted by molar-refractivity contribution is 0.104. The minimum Gasteiger partial charge on any atom is -0.309 e. The Balaban J connectivity index is 2.29. The van der Waals surface area contributed by atoms with Gasteiger partial charge in [0.05, 0.1) is 18.3 Å². The molecule has 0 aromatic rings. The predicted molar refractivity (Wildman–Crippen MR) is 44.3 cm³/mol. The first-order valence-electron chi connectivity index (χ1n) is 3.76. The lowest BCUT2D eigenvalue weighted by Crippen LogP contribution is -2.16. The Morgan fingerprint density at radius 1 is 1.45 bits per heavy atom. The average molecular weight is 178 g/mol. The van der Waals surface area contributed by atoms with E-state index in [0.29, 0.717) is 6.61 Å². The zero-order valence-electron chi connectivity index (χ0n) is 7.46. The highest BCUT2D eigenvalue weighted by atomic mass is 31.2. The predicted octanol–water partition coefficient (Wildman–Crippen LogP) is 2.46. The van der Waals surface area contributed by atoms with Crippen molar-refractivity contribution in [2.75, 3.05) is 6.61 Å². The van der Waals surface area contributed by atoms with Crippen molar-refractivity contribution in [2.24, 2.45) is 0 Å². The van der Waals surface area contributed by atoms with Crippen molar-refractivity contribution in [3.8, 4) is 0 Å². The van der Waals surface area contributed by atoms with Crippen molar-refractivity contribution >= 4 is 8.60 Å². The van der Waals surface area contributed by atoms with Gasteiger partial charge in [0.2, 0.25) is 0 Å². The molecule has 0 aromatic heterocycles. The fourth-order valence-corrected chi connectivity index (χ4v) is 1.94. The van der Waals surface area contributed by atoms with Crippen LogP contribution in [0.2, 0.25) is 0 Å². The van der Waals surface area contributed by atoms with Crippen molar-refractivity contribution in [3.63, 3.8) is 0 Å². The molecule has 0 aliphatic carbocycles. The molecule has 66 valence electrons. The molecule has 2 atom stereocenters. The number of hydrogen-bond donors (Lipinski definition) is 0. The minimum atomic E-state index is -1.07. The second kappa shape index (κ2) is 3.36. The number of hydrogen-bond acceptors (Lipinski definition) is 3. The van der Waals surface area contributed by atoms with E-state index in [1.807, 2.05) is 27.7 Å². The molecule has 0 spiro atoms. The molecule has 1 fully saturated rings. The zero-order chi connectivity index (χ0) is 8.48. The van der Waals surface area contributed by atoms with Gasteiger partial charge in [-0.2, -0.15) is 0 Å². The van der Waals surface area contributed by atoms with Crippen molar-refractivity contribution in [3.05, 3.63) is 0 Å². The van der Waals surface area contributed by atoms with Crippen LogP contribution in [-0.2, 0) is 13.6 Å². The fraction of sp³-hybridized carbons (Fsp3) is 1.00. The summed E-state index contributed by atoms with van der Waals surface area (Å²) in [6.45, 7) is 8.61. The summed E-state index contributed by atoms with van der Waals surface area (Å²) in [6, 6.07) is 0. The van der Waals surface area contributed by atoms with Crippen LogP contribution in [0.5, 0.6) is 0 Å². The van der Waals surface area contributed by atoms with Gasteiger partial charge in [0, 0.05) is 0 Å². The maximum absolute atomic E-state index is 5.49. The van der Waals surface area contributed by atoms with Gasteiger partial charge in [0.1, 0.15) is 0 Å². The van der Waals surface area contributed by atoms with E-state index in [1.54, 1.807) is 0 Å². The molecule has 0 radical (unpaired) electrons. The van der Waals surface area contributed by atoms with Crippen LogP contribution in [0.1, 0.15) is 27.7 Å². The minimum absolute atomic E-state index is 0.171. The van der Waals surface area contributed by atoms with Crippen LogP contribution in [0.15, 0.2) is 0 Å². The van der Waals surface area contributed by atoms with Crippen molar-refractivity contribution in [1.29, 1.82) is 0 Å². The Hall–Kier alpha value is 0.310. The summed E-state index contributed by atoms with van der Waals surface area (Å²) < 4.78 is 16.1. The van der Waals surface area contributed by atoms with Crippen LogP contribution in [0.4, 0.5) is 0 Å². The first kappa shape index (κ1) is 9.40. The van der Waals surface area contributed by atoms with Crippen LogP contribution >= 0.6 is 8.60 Å². The van der Waals surface area contributed by atoms with Crippen molar-refractivity contribution < 1.29 is 13.6 Å². The summed E-state index contributed by atoms with van der Waals surface area (Å²) >= 11 is 0. The first-order chi connectivity index (χ1) is 4.97. The Morgan fingerprint density at radius 2 is 2.09 bits per heavy atom. The highest BCUT2D eigenvalue weighted by Gasteiger charge is 2.29. The van der Waals surface area contributed by atoms with Crippen molar-refractivity contribution in [2.45, 2.75) is 39.4 Å². The quantitative estimate of drug-likeness (QED) is 0.577. The molecule has 4 heteroatoms. The molecule has 0 amide bonds. The Morgan fingerprint density at radius 3 is 2.45 bits per heavy atom. The molecule has 0 bridgehead atoms. The summed E-state index contributed by atoms with van der Waals surface area (Å²) in [7, 11) is -1.07. The summed E-state index contributed by atoms with van der Waals surface area (Å²) in [4.78, 5) is 0. The molecule has 0 N–H and O–H groups in total. The maximum Gasteiger partial charge on any atom is 0.333 e. The molecule has 1 aliphatic heterocycles. The summed E-state index contributed by atoms with van der Waals surface area (Å²) in [6.07, 6.45) is 0.184. The second-order valence-corrected chi connectivity index (χ2v) is 4.74. The Kier molecular flexibility index (Phi) is 2.87. The molecule has 1 heterocycles. The zero-order valence-corrected chi connectivity index (χ0v) is 8.35. The van der Waals surface area contributed by atoms with Gasteiger partial charge in [-0.3, -0.25) is 0 Å². The van der Waals surface area contributed by atoms with Gasteiger partial charge in [0.25, 0.3) is 0 Å². The van der Waals surface area contributed by atoms with Gasteiger partial charge in [-0.1, -0.05) is 0 Å². The summed E-state index contributed by atoms with van der Waals surface area (Å²) in [5.74, 6) is 0. The van der Waals surface area contributed by atoms with Gasteiger partial charge < -0.3 is 13.6 Å². The third kappa shape index (κ3) is 3.48. The average Bonchev–Trinajstić information content (AvgIpc) is 2.10. The van der Waals surface area contributed by atoms with Gasteiger partial charge in [-0.25, -0.2) is 0 Å². The SMILES string of the molecule is C[C@H]1CO[P@](OC(C)(C)C)O1. The van der Waals surface area contributed by atoms with E-state index >= 15 is 0 Å². The Bertz CT molecular complexity index is 132. The smallest absolute Gasteiger partial charge is 0.309 e. The molecule has 0 aromatic carbocycles. The molecule has 11 heavy (non-hydrogen) atoms. The highest BCUT2D eigenvalue weighted by Crippen LogP contribution is 2.49. The van der Waals surface area contributed by atoms with Crippen LogP contribution in [0, 0.1) is 0 Å². The Labute approximate surface area is 69.0 Å². The van der Waals surface area contributed by atoms with E-state index in [-0.39, 0.29) is 11.7 Å². The largest absolute Gasteiger partial charge is 0.333 e. The standard InChI is InChI=1S/C7H15O3P/c1-6-5-8-11(9-6)10-7(2,3)4/h6H,5H2,1-4H3/t6-,11-/m0/s1. The van der Waals surface area contributed by atoms with Crippen LogP contribution in [-0.4, -0.2) is 18.3 Å². The first-order valence-corrected chi connectivity index (χ1v) is 4.86. The molecule has 0 unspecified atom stereocenters. The topological polar surface area (TPSA) is 27.7 Å². The van der Waals surface area contributed by atoms with E-state index in [9.17, 15) is 0 Å². The molecular formula is C7H15O3P. The van der Waals surface area contributed by atoms with E-state index in [4.69, 9.17) is 13.6 Å². The highest BCUT2D eigenvalue weighted by molar-refractivity contribution is 7.42. The molecule has 1 rings (SSSR count). The third-order valence-electron chi connectivity index (χ3n) is 1.03. The monoisotopic (exact) mass is 178 g/mol. The molecule has 1 aliphatic rings. The van der Waals surface area contributed by atoms with E-state index in [2.05, 4.69) is 0 Å². The molecule has 0 saturated carbocycles. The second-order valence-electron chi connectivity index (χ2n) is 3.64. The lowest BCUT2D eigenvalue weighted by Gasteiger charge is -2.21. The van der Waals surface area contributed by atoms with Gasteiger partial charge in [0.15, 0.2) is 0 Å². The van der Waals surface area contributed by atoms with Gasteiger partial charge in [-0.05, 0) is 27.7 Å². The summed E-state index contributed by atoms with van der Waals surface area (Å²) in [5.41, 5.74) is -0.171. The maximum atomic E-state index is 5.49. The van der Waals surface area contributed by atoms with Gasteiger partial charge in [-0.15, -0.1) is 0 Å². The molecule has 1 saturated heterocycles. The van der Waals surface area contributed by atoms with Crippen LogP contribution < -0.4 is 0 Å². The lowest BCUT2D eigenvalue weighted by atomic mass is 10.2. The molecular weight excluding hydrogens is 163 g/mol. The van der Waals surface area contributed by atoms with Crippen LogP contribution in [0.25, 0.3) is 0 Å². The van der Waals surface area contributed by atoms with E-state index in [1.165, 1.54) is 0 Å². The molecule has 3 nitrogen and oxygen atoms in total. The third-order valence-corrected chi connectivity index (χ3v) is 2.62. The van der Waals surface area contributed by atoms with Crippen molar-refractivity contribution in [1.82, 2.24) is 0 Å². The van der Waals surface area contributed by atoms with E-state index in [0.717, 1.165) is 0 Å². The normalized spacial score (nSPS) is 32.7. The van der Waals surface area contributed by atoms with Gasteiger partial charge >= 0.3 is 8.60 Å². The number of rotatable bonds is 1. The van der Waals surface area contributed by atoms with Crippen LogP contribution in [0.3, 0.4) is 0 Å². The fourth-order valence-electron chi connectivity index (χ4n) is 0.645. The summed E-state index contributed by atoms with van der Waals surface area (Å²) in [5, 5.41) is 0. The van der Waals surface area contributed by atoms with E-state index < -0.39 is 8.60 Å².